The van der Waals surface area contributed by atoms with Gasteiger partial charge in [0.2, 0.25) is 6.79 Å². The fourth-order valence-corrected chi connectivity index (χ4v) is 3.06. The van der Waals surface area contributed by atoms with Crippen molar-refractivity contribution in [2.45, 2.75) is 26.8 Å². The second-order valence-corrected chi connectivity index (χ2v) is 6.87. The van der Waals surface area contributed by atoms with Crippen molar-refractivity contribution in [3.8, 4) is 22.8 Å². The average molecular weight is 290 g/mol. The maximum absolute atomic E-state index is 6.26. The van der Waals surface area contributed by atoms with Crippen molar-refractivity contribution in [3.63, 3.8) is 0 Å². The standard InChI is InChI=1S/C15H18N2O2S/c1-15(2,3)13(16)14-17-10(7-20-14)9-4-5-11-12(6-9)19-8-18-11/h4-7,13H,8,16H2,1-3H3. The van der Waals surface area contributed by atoms with E-state index < -0.39 is 0 Å². The molecule has 0 fully saturated rings. The minimum atomic E-state index is -0.0599. The molecular weight excluding hydrogens is 272 g/mol. The lowest BCUT2D eigenvalue weighted by molar-refractivity contribution is 0.174. The molecule has 0 saturated carbocycles. The van der Waals surface area contributed by atoms with Gasteiger partial charge in [-0.3, -0.25) is 0 Å². The molecule has 1 aliphatic heterocycles. The number of hydrogen-bond donors (Lipinski definition) is 1. The third-order valence-electron chi connectivity index (χ3n) is 3.39. The third-order valence-corrected chi connectivity index (χ3v) is 4.32. The van der Waals surface area contributed by atoms with Crippen molar-refractivity contribution in [2.24, 2.45) is 11.1 Å². The van der Waals surface area contributed by atoms with Crippen molar-refractivity contribution in [1.29, 1.82) is 0 Å². The molecule has 2 aromatic rings. The molecule has 106 valence electrons. The van der Waals surface area contributed by atoms with Crippen molar-refractivity contribution >= 4 is 11.3 Å². The van der Waals surface area contributed by atoms with E-state index in [-0.39, 0.29) is 18.2 Å². The molecule has 4 nitrogen and oxygen atoms in total. The highest BCUT2D eigenvalue weighted by molar-refractivity contribution is 7.10. The number of hydrogen-bond acceptors (Lipinski definition) is 5. The molecule has 1 atom stereocenters. The topological polar surface area (TPSA) is 57.4 Å². The maximum Gasteiger partial charge on any atom is 0.231 e. The molecule has 0 aliphatic carbocycles. The number of thiazole rings is 1. The van der Waals surface area contributed by atoms with Crippen molar-refractivity contribution in [3.05, 3.63) is 28.6 Å². The lowest BCUT2D eigenvalue weighted by Crippen LogP contribution is -2.26. The number of nitrogens with two attached hydrogens (primary N) is 1. The van der Waals surface area contributed by atoms with Gasteiger partial charge in [-0.15, -0.1) is 11.3 Å². The first-order valence-corrected chi connectivity index (χ1v) is 7.44. The quantitative estimate of drug-likeness (QED) is 0.918. The summed E-state index contributed by atoms with van der Waals surface area (Å²) in [4.78, 5) is 4.67. The second-order valence-electron chi connectivity index (χ2n) is 5.98. The van der Waals surface area contributed by atoms with Gasteiger partial charge in [-0.1, -0.05) is 20.8 Å². The van der Waals surface area contributed by atoms with E-state index in [0.717, 1.165) is 27.8 Å². The number of aromatic nitrogens is 1. The van der Waals surface area contributed by atoms with E-state index in [9.17, 15) is 0 Å². The molecule has 5 heteroatoms. The summed E-state index contributed by atoms with van der Waals surface area (Å²) in [6.45, 7) is 6.66. The Hall–Kier alpha value is -1.59. The number of nitrogens with zero attached hydrogens (tertiary/aromatic N) is 1. The van der Waals surface area contributed by atoms with Crippen LogP contribution in [-0.4, -0.2) is 11.8 Å². The summed E-state index contributed by atoms with van der Waals surface area (Å²) < 4.78 is 10.7. The molecule has 0 saturated heterocycles. The van der Waals surface area contributed by atoms with Crippen LogP contribution in [0.5, 0.6) is 11.5 Å². The van der Waals surface area contributed by atoms with E-state index in [0.29, 0.717) is 0 Å². The van der Waals surface area contributed by atoms with Gasteiger partial charge in [0.15, 0.2) is 11.5 Å². The van der Waals surface area contributed by atoms with Crippen LogP contribution < -0.4 is 15.2 Å². The molecule has 1 unspecified atom stereocenters. The Morgan fingerprint density at radius 1 is 1.25 bits per heavy atom. The minimum absolute atomic E-state index is 0.00398. The van der Waals surface area contributed by atoms with Crippen LogP contribution in [0.4, 0.5) is 0 Å². The first-order chi connectivity index (χ1) is 9.45. The summed E-state index contributed by atoms with van der Waals surface area (Å²) in [6.07, 6.45) is 0. The molecule has 1 aromatic carbocycles. The monoisotopic (exact) mass is 290 g/mol. The van der Waals surface area contributed by atoms with E-state index in [1.165, 1.54) is 0 Å². The van der Waals surface area contributed by atoms with Gasteiger partial charge in [0.05, 0.1) is 11.7 Å². The van der Waals surface area contributed by atoms with E-state index >= 15 is 0 Å². The van der Waals surface area contributed by atoms with E-state index in [1.807, 2.05) is 23.6 Å². The highest BCUT2D eigenvalue weighted by Crippen LogP contribution is 2.38. The Bertz CT molecular complexity index is 631. The Labute approximate surface area is 122 Å². The Kier molecular flexibility index (Phi) is 3.18. The van der Waals surface area contributed by atoms with Gasteiger partial charge in [0, 0.05) is 10.9 Å². The van der Waals surface area contributed by atoms with E-state index in [2.05, 4.69) is 25.8 Å². The largest absolute Gasteiger partial charge is 0.454 e. The van der Waals surface area contributed by atoms with E-state index in [4.69, 9.17) is 15.2 Å². The summed E-state index contributed by atoms with van der Waals surface area (Å²) in [5.41, 5.74) is 8.22. The number of rotatable bonds is 2. The SMILES string of the molecule is CC(C)(C)C(N)c1nc(-c2ccc3c(c2)OCO3)cs1. The molecule has 0 spiro atoms. The first-order valence-electron chi connectivity index (χ1n) is 6.56. The normalized spacial score (nSPS) is 15.4. The molecule has 1 aliphatic rings. The van der Waals surface area contributed by atoms with Crippen LogP contribution in [0, 0.1) is 5.41 Å². The summed E-state index contributed by atoms with van der Waals surface area (Å²) in [5, 5.41) is 3.00. The van der Waals surface area contributed by atoms with Crippen LogP contribution in [0.25, 0.3) is 11.3 Å². The number of fused-ring (bicyclic) bond motifs is 1. The van der Waals surface area contributed by atoms with Crippen LogP contribution in [0.15, 0.2) is 23.6 Å². The van der Waals surface area contributed by atoms with Crippen molar-refractivity contribution < 1.29 is 9.47 Å². The van der Waals surface area contributed by atoms with Gasteiger partial charge in [-0.25, -0.2) is 4.98 Å². The Morgan fingerprint density at radius 3 is 2.75 bits per heavy atom. The second kappa shape index (κ2) is 4.75. The van der Waals surface area contributed by atoms with E-state index in [1.54, 1.807) is 11.3 Å². The van der Waals surface area contributed by atoms with Crippen LogP contribution in [0.3, 0.4) is 0 Å². The highest BCUT2D eigenvalue weighted by atomic mass is 32.1. The van der Waals surface area contributed by atoms with Crippen LogP contribution in [0.2, 0.25) is 0 Å². The molecule has 0 amide bonds. The zero-order valence-electron chi connectivity index (χ0n) is 11.8. The Morgan fingerprint density at radius 2 is 2.00 bits per heavy atom. The van der Waals surface area contributed by atoms with Crippen LogP contribution >= 0.6 is 11.3 Å². The molecule has 0 radical (unpaired) electrons. The van der Waals surface area contributed by atoms with Gasteiger partial charge < -0.3 is 15.2 Å². The van der Waals surface area contributed by atoms with Gasteiger partial charge >= 0.3 is 0 Å². The third kappa shape index (κ3) is 2.39. The minimum Gasteiger partial charge on any atom is -0.454 e. The predicted octanol–water partition coefficient (Wildman–Crippen LogP) is 3.58. The van der Waals surface area contributed by atoms with Crippen LogP contribution in [-0.2, 0) is 0 Å². The highest BCUT2D eigenvalue weighted by Gasteiger charge is 2.25. The Balaban J connectivity index is 1.90. The zero-order valence-corrected chi connectivity index (χ0v) is 12.7. The lowest BCUT2D eigenvalue weighted by Gasteiger charge is -2.24. The number of ether oxygens (including phenoxy) is 2. The molecule has 1 aromatic heterocycles. The zero-order chi connectivity index (χ0) is 14.3. The lowest BCUT2D eigenvalue weighted by atomic mass is 9.88. The number of benzene rings is 1. The van der Waals surface area contributed by atoms with Crippen LogP contribution in [0.1, 0.15) is 31.8 Å². The smallest absolute Gasteiger partial charge is 0.231 e. The summed E-state index contributed by atoms with van der Waals surface area (Å²) in [7, 11) is 0. The first kappa shape index (κ1) is 13.4. The summed E-state index contributed by atoms with van der Waals surface area (Å²) >= 11 is 1.60. The average Bonchev–Trinajstić information content (AvgIpc) is 3.04. The molecule has 20 heavy (non-hydrogen) atoms. The molecule has 0 bridgehead atoms. The van der Waals surface area contributed by atoms with Gasteiger partial charge in [0.1, 0.15) is 5.01 Å². The predicted molar refractivity (Wildman–Crippen MR) is 80.1 cm³/mol. The van der Waals surface area contributed by atoms with Crippen molar-refractivity contribution in [1.82, 2.24) is 4.98 Å². The van der Waals surface area contributed by atoms with Gasteiger partial charge in [0.25, 0.3) is 0 Å². The van der Waals surface area contributed by atoms with Crippen molar-refractivity contribution in [2.75, 3.05) is 6.79 Å². The summed E-state index contributed by atoms with van der Waals surface area (Å²) in [5.74, 6) is 1.56. The fraction of sp³-hybridized carbons (Fsp3) is 0.400. The maximum atomic E-state index is 6.26. The fourth-order valence-electron chi connectivity index (χ4n) is 1.99. The molecule has 2 N–H and O–H groups in total. The molecule has 3 rings (SSSR count). The molecular formula is C15H18N2O2S. The van der Waals surface area contributed by atoms with Gasteiger partial charge in [-0.2, -0.15) is 0 Å². The van der Waals surface area contributed by atoms with Gasteiger partial charge in [-0.05, 0) is 23.6 Å². The molecule has 2 heterocycles. The summed E-state index contributed by atoms with van der Waals surface area (Å²) in [6, 6.07) is 5.81.